The van der Waals surface area contributed by atoms with E-state index in [9.17, 15) is 120 Å². The van der Waals surface area contributed by atoms with Gasteiger partial charge in [-0.25, -0.2) is 18.7 Å². The van der Waals surface area contributed by atoms with Crippen molar-refractivity contribution in [3.8, 4) is 0 Å². The van der Waals surface area contributed by atoms with Crippen LogP contribution < -0.4 is 42.5 Å². The second-order valence-corrected chi connectivity index (χ2v) is 28.5. The molecule has 8 amide bonds. The summed E-state index contributed by atoms with van der Waals surface area (Å²) in [6.45, 7) is -10.4. The SMILES string of the molecule is CO[C@H]1O[C@H](COCc2cn(CC(=O)NCC(=O)NCCO[C@@H]3O[C@H](CO)[C@H](O)[C@H](O)[C@H]3O)nn2)[C@@H](OCc2cn(CC(=O)NCC(=O)NCCO[C@@H]3O[C@H](CO)[C@H](O)[C@H](O)[C@H]3O)nn2)[C@H](OCc2cn(CC(=O)NCC(=O)NCCO[C@@H]3O[C@H](CO)[C@H](O)[C@H](O)[C@H]3O)nn2)[C@H]1OCc1cn(CC(=O)NCC(=O)NCCO[C@@H]2O[C@H](CO)[C@H](O)[C@H](O)[C@H]2O)nn1. The third-order valence-electron chi connectivity index (χ3n) is 19.2. The molecule has 9 heterocycles. The number of nitrogens with zero attached hydrogens (tertiary/aromatic N) is 12. The largest absolute Gasteiger partial charge is 0.394 e. The van der Waals surface area contributed by atoms with Crippen molar-refractivity contribution in [1.29, 1.82) is 0 Å². The van der Waals surface area contributed by atoms with Crippen LogP contribution in [0.5, 0.6) is 0 Å². The van der Waals surface area contributed by atoms with Crippen LogP contribution in [0.3, 0.4) is 0 Å². The molecule has 0 spiro atoms. The van der Waals surface area contributed by atoms with Crippen LogP contribution in [0, 0.1) is 0 Å². The van der Waals surface area contributed by atoms with Crippen molar-refractivity contribution in [2.24, 2.45) is 0 Å². The Bertz CT molecular complexity index is 4000. The van der Waals surface area contributed by atoms with Crippen LogP contribution in [0.2, 0.25) is 0 Å². The molecule has 0 unspecified atom stereocenters. The smallest absolute Gasteiger partial charge is 0.242 e. The average molecular weight is 1800 g/mol. The standard InChI is InChI=1S/C67H106N20O38/c1-112-67-62(120-29-34-17-87(83-79-34)21-47(99)75-13-43(95)71-5-9-117-66-59(111)55(107)51(103)38(25-91)124-66)61(119-28-33-16-86(82-78-33)20-46(98)74-12-42(94)70-4-8-116-65-58(110)54(106)50(102)37(24-90)123-65)60(118-27-32-15-85(81-77-32)19-45(97)73-11-41(93)69-3-7-115-64-57(109)53(105)49(101)36(23-89)122-64)39(125-67)30-113-26-31-14-84(80-76-31)18-44(96)72-10-40(92)68-2-6-114-63-56(108)52(104)48(100)35(22-88)121-63/h14-17,35-39,48-67,88-91,100-111H,2-13,18-30H2,1H3,(H,68,92)(H,69,93)(H,70,94)(H,71,95)(H,72,96)(H,73,97)(H,74,98)(H,75,99)/t35-,36-,37-,38-,39-,48+,49+,50+,51+,52+,53+,54+,55+,56-,57-,58-,59-,60-,61+,62-,63-,64-,65-,66-,67+/m1/s1. The molecule has 5 aliphatic heterocycles. The van der Waals surface area contributed by atoms with E-state index in [2.05, 4.69) is 83.8 Å². The second-order valence-electron chi connectivity index (χ2n) is 28.5. The molecule has 0 aliphatic carbocycles. The molecule has 0 bridgehead atoms. The number of aliphatic hydroxyl groups excluding tert-OH is 16. The number of aliphatic hydroxyl groups is 16. The molecular formula is C67H106N20O38. The topological polar surface area (TPSA) is 809 Å². The predicted molar refractivity (Wildman–Crippen MR) is 394 cm³/mol. The minimum atomic E-state index is -1.70. The van der Waals surface area contributed by atoms with Gasteiger partial charge in [-0.15, -0.1) is 20.4 Å². The second kappa shape index (κ2) is 50.0. The Hall–Kier alpha value is -8.88. The molecular weight excluding hydrogens is 1690 g/mol. The van der Waals surface area contributed by atoms with Gasteiger partial charge in [-0.2, -0.15) is 0 Å². The number of carbonyl (C=O) groups excluding carboxylic acids is 8. The zero-order chi connectivity index (χ0) is 90.4. The first kappa shape index (κ1) is 99.9. The van der Waals surface area contributed by atoms with Gasteiger partial charge in [-0.3, -0.25) is 38.4 Å². The Balaban J connectivity index is 0.844. The Morgan fingerprint density at radius 2 is 0.568 bits per heavy atom. The molecule has 0 aromatic carbocycles. The highest BCUT2D eigenvalue weighted by molar-refractivity contribution is 5.86. The lowest BCUT2D eigenvalue weighted by atomic mass is 9.98. The summed E-state index contributed by atoms with van der Waals surface area (Å²) in [5, 5.41) is 211. The third-order valence-corrected chi connectivity index (χ3v) is 19.2. The van der Waals surface area contributed by atoms with Crippen molar-refractivity contribution in [2.45, 2.75) is 206 Å². The highest BCUT2D eigenvalue weighted by atomic mass is 16.7. The van der Waals surface area contributed by atoms with E-state index < -0.39 is 299 Å². The summed E-state index contributed by atoms with van der Waals surface area (Å²) in [7, 11) is 1.27. The maximum Gasteiger partial charge on any atom is 0.242 e. The molecule has 9 rings (SSSR count). The number of aromatic nitrogens is 12. The Morgan fingerprint density at radius 3 is 0.840 bits per heavy atom. The molecule has 5 fully saturated rings. The number of amides is 8. The molecule has 25 atom stereocenters. The van der Waals surface area contributed by atoms with E-state index in [-0.39, 0.29) is 88.6 Å². The summed E-state index contributed by atoms with van der Waals surface area (Å²) in [6.07, 6.45) is -31.9. The number of hydrogen-bond donors (Lipinski definition) is 24. The van der Waals surface area contributed by atoms with E-state index >= 15 is 0 Å². The maximum absolute atomic E-state index is 13.2. The molecule has 125 heavy (non-hydrogen) atoms. The van der Waals surface area contributed by atoms with Crippen LogP contribution in [-0.4, -0.2) is 461 Å². The van der Waals surface area contributed by atoms with Crippen LogP contribution in [0.1, 0.15) is 22.8 Å². The quantitative estimate of drug-likeness (QED) is 0.0183. The van der Waals surface area contributed by atoms with Crippen molar-refractivity contribution in [3.05, 3.63) is 47.6 Å². The number of nitrogens with one attached hydrogen (secondary N) is 8. The molecule has 58 heteroatoms. The van der Waals surface area contributed by atoms with Crippen molar-refractivity contribution >= 4 is 47.3 Å². The molecule has 0 saturated carbocycles. The summed E-state index contributed by atoms with van der Waals surface area (Å²) < 4.78 is 85.4. The Labute approximate surface area is 706 Å². The van der Waals surface area contributed by atoms with E-state index in [4.69, 9.17) is 66.3 Å². The van der Waals surface area contributed by atoms with Crippen LogP contribution in [0.4, 0.5) is 0 Å². The monoisotopic (exact) mass is 1800 g/mol. The zero-order valence-electron chi connectivity index (χ0n) is 66.9. The zero-order valence-corrected chi connectivity index (χ0v) is 66.9. The van der Waals surface area contributed by atoms with Crippen molar-refractivity contribution in [2.75, 3.05) is 119 Å². The Morgan fingerprint density at radius 1 is 0.312 bits per heavy atom. The summed E-state index contributed by atoms with van der Waals surface area (Å²) in [6, 6.07) is 0. The average Bonchev–Trinajstić information content (AvgIpc) is 1.78. The van der Waals surface area contributed by atoms with Gasteiger partial charge in [0.1, 0.15) is 171 Å². The van der Waals surface area contributed by atoms with Crippen LogP contribution in [-0.2, 0) is 157 Å². The van der Waals surface area contributed by atoms with Gasteiger partial charge in [0.15, 0.2) is 31.5 Å². The molecule has 58 nitrogen and oxygen atoms in total. The number of hydrogen-bond acceptors (Lipinski definition) is 46. The van der Waals surface area contributed by atoms with E-state index in [1.807, 2.05) is 0 Å². The molecule has 5 saturated heterocycles. The lowest BCUT2D eigenvalue weighted by Crippen LogP contribution is -2.61. The van der Waals surface area contributed by atoms with Crippen LogP contribution in [0.25, 0.3) is 0 Å². The first-order valence-electron chi connectivity index (χ1n) is 39.0. The first-order valence-corrected chi connectivity index (χ1v) is 39.0. The predicted octanol–water partition coefficient (Wildman–Crippen LogP) is -19.1. The summed E-state index contributed by atoms with van der Waals surface area (Å²) in [5.41, 5.74) is 0.477. The van der Waals surface area contributed by atoms with Gasteiger partial charge in [0.25, 0.3) is 0 Å². The summed E-state index contributed by atoms with van der Waals surface area (Å²) in [5.74, 6) is -5.47. The minimum Gasteiger partial charge on any atom is -0.394 e. The molecule has 0 radical (unpaired) electrons. The third kappa shape index (κ3) is 29.9. The van der Waals surface area contributed by atoms with Crippen molar-refractivity contribution in [1.82, 2.24) is 103 Å². The summed E-state index contributed by atoms with van der Waals surface area (Å²) in [4.78, 5) is 103. The van der Waals surface area contributed by atoms with Crippen molar-refractivity contribution < 1.29 is 186 Å². The number of rotatable bonds is 50. The fourth-order valence-electron chi connectivity index (χ4n) is 12.6. The van der Waals surface area contributed by atoms with E-state index in [0.717, 1.165) is 18.7 Å². The highest BCUT2D eigenvalue weighted by Crippen LogP contribution is 2.32. The normalized spacial score (nSPS) is 29.9. The van der Waals surface area contributed by atoms with Gasteiger partial charge in [-0.1, -0.05) is 20.9 Å². The van der Waals surface area contributed by atoms with Gasteiger partial charge in [0.2, 0.25) is 47.3 Å². The van der Waals surface area contributed by atoms with Gasteiger partial charge < -0.3 is 191 Å². The number of methoxy groups -OCH3 is 1. The van der Waals surface area contributed by atoms with Crippen molar-refractivity contribution in [3.63, 3.8) is 0 Å². The van der Waals surface area contributed by atoms with Gasteiger partial charge in [-0.05, 0) is 0 Å². The molecule has 4 aromatic rings. The van der Waals surface area contributed by atoms with E-state index in [1.165, 1.54) is 31.9 Å². The first-order chi connectivity index (χ1) is 60.0. The summed E-state index contributed by atoms with van der Waals surface area (Å²) >= 11 is 0. The highest BCUT2D eigenvalue weighted by Gasteiger charge is 2.51. The minimum absolute atomic E-state index is 0.0954. The maximum atomic E-state index is 13.2. The van der Waals surface area contributed by atoms with Gasteiger partial charge >= 0.3 is 0 Å². The molecule has 702 valence electrons. The fourth-order valence-corrected chi connectivity index (χ4v) is 12.6. The molecule has 5 aliphatic rings. The number of carbonyl (C=O) groups is 8. The van der Waals surface area contributed by atoms with Crippen LogP contribution in [0.15, 0.2) is 24.8 Å². The van der Waals surface area contributed by atoms with Gasteiger partial charge in [0, 0.05) is 33.3 Å². The molecule has 24 N–H and O–H groups in total. The lowest BCUT2D eigenvalue weighted by molar-refractivity contribution is -0.323. The van der Waals surface area contributed by atoms with Crippen LogP contribution >= 0.6 is 0 Å². The molecule has 4 aromatic heterocycles. The van der Waals surface area contributed by atoms with Gasteiger partial charge in [0.05, 0.1) is 137 Å². The Kier molecular flexibility index (Phi) is 40.0. The lowest BCUT2D eigenvalue weighted by Gasteiger charge is -2.45. The van der Waals surface area contributed by atoms with E-state index in [0.29, 0.717) is 0 Å². The van der Waals surface area contributed by atoms with E-state index in [1.54, 1.807) is 0 Å². The number of ether oxygens (including phenoxy) is 14. The fraction of sp³-hybridized carbons (Fsp3) is 0.761.